The normalized spacial score (nSPS) is 14.4. The number of aryl methyl sites for hydroxylation is 1. The third kappa shape index (κ3) is 2.49. The van der Waals surface area contributed by atoms with E-state index in [2.05, 4.69) is 15.2 Å². The molecule has 138 valence electrons. The van der Waals surface area contributed by atoms with Gasteiger partial charge in [0.15, 0.2) is 0 Å². The van der Waals surface area contributed by atoms with Crippen LogP contribution in [-0.4, -0.2) is 25.9 Å². The highest BCUT2D eigenvalue weighted by atomic mass is 15.1. The SMILES string of the molecule is N=C(/C(=C\N)c1nc2ccc3[nH]ncc3c2c2c1CCCC2)c1cccnc1. The van der Waals surface area contributed by atoms with E-state index >= 15 is 0 Å². The fraction of sp³-hybridized carbons (Fsp3) is 0.182. The number of hydrogen-bond acceptors (Lipinski definition) is 5. The lowest BCUT2D eigenvalue weighted by Gasteiger charge is -2.23. The Bertz CT molecular complexity index is 1240. The summed E-state index contributed by atoms with van der Waals surface area (Å²) in [6.07, 6.45) is 11.0. The number of allylic oxidation sites excluding steroid dienone is 1. The van der Waals surface area contributed by atoms with Crippen LogP contribution in [0.5, 0.6) is 0 Å². The Labute approximate surface area is 162 Å². The molecule has 1 aromatic carbocycles. The molecular weight excluding hydrogens is 348 g/mol. The van der Waals surface area contributed by atoms with Crippen molar-refractivity contribution in [3.63, 3.8) is 0 Å². The number of fused-ring (bicyclic) bond motifs is 5. The highest BCUT2D eigenvalue weighted by Gasteiger charge is 2.24. The van der Waals surface area contributed by atoms with E-state index in [0.717, 1.165) is 53.4 Å². The summed E-state index contributed by atoms with van der Waals surface area (Å²) < 4.78 is 0. The number of nitrogens with zero attached hydrogens (tertiary/aromatic N) is 3. The van der Waals surface area contributed by atoms with E-state index in [1.807, 2.05) is 30.5 Å². The van der Waals surface area contributed by atoms with E-state index in [0.29, 0.717) is 11.3 Å². The van der Waals surface area contributed by atoms with Crippen molar-refractivity contribution >= 4 is 33.1 Å². The first kappa shape index (κ1) is 16.6. The zero-order valence-corrected chi connectivity index (χ0v) is 15.4. The molecule has 0 bridgehead atoms. The second-order valence-corrected chi connectivity index (χ2v) is 7.11. The molecule has 4 aromatic rings. The minimum Gasteiger partial charge on any atom is -0.404 e. The number of H-pyrrole nitrogens is 1. The van der Waals surface area contributed by atoms with Crippen LogP contribution in [0.2, 0.25) is 0 Å². The molecule has 0 amide bonds. The Hall–Kier alpha value is -3.54. The molecule has 5 rings (SSSR count). The molecule has 0 aliphatic heterocycles. The lowest BCUT2D eigenvalue weighted by Crippen LogP contribution is -2.14. The van der Waals surface area contributed by atoms with Crippen molar-refractivity contribution in [3.8, 4) is 0 Å². The van der Waals surface area contributed by atoms with Crippen LogP contribution in [0.15, 0.2) is 49.1 Å². The van der Waals surface area contributed by atoms with Crippen LogP contribution < -0.4 is 5.73 Å². The third-order valence-corrected chi connectivity index (χ3v) is 5.53. The summed E-state index contributed by atoms with van der Waals surface area (Å²) in [5, 5.41) is 18.3. The first-order valence-corrected chi connectivity index (χ1v) is 9.47. The van der Waals surface area contributed by atoms with Gasteiger partial charge in [0.25, 0.3) is 0 Å². The molecule has 4 N–H and O–H groups in total. The standard InChI is InChI=1S/C22H20N6/c23-10-16(21(24)13-4-3-9-25-11-13)22-15-6-2-1-5-14(15)20-17-12-26-28-18(17)7-8-19(20)27-22/h3-4,7-12,24H,1-2,5-6,23H2,(H,26,28)/b16-10+,24-21?. The van der Waals surface area contributed by atoms with Gasteiger partial charge < -0.3 is 5.73 Å². The smallest absolute Gasteiger partial charge is 0.0780 e. The number of rotatable bonds is 3. The molecule has 0 saturated heterocycles. The molecule has 3 aromatic heterocycles. The first-order valence-electron chi connectivity index (χ1n) is 9.47. The van der Waals surface area contributed by atoms with Crippen molar-refractivity contribution < 1.29 is 0 Å². The molecule has 0 fully saturated rings. The maximum atomic E-state index is 8.71. The van der Waals surface area contributed by atoms with Gasteiger partial charge in [-0.15, -0.1) is 0 Å². The number of aromatic amines is 1. The number of aromatic nitrogens is 4. The van der Waals surface area contributed by atoms with Gasteiger partial charge in [0, 0.05) is 40.5 Å². The van der Waals surface area contributed by atoms with Crippen LogP contribution in [0.3, 0.4) is 0 Å². The second kappa shape index (κ2) is 6.56. The van der Waals surface area contributed by atoms with Crippen molar-refractivity contribution in [1.82, 2.24) is 20.2 Å². The van der Waals surface area contributed by atoms with Gasteiger partial charge >= 0.3 is 0 Å². The lowest BCUT2D eigenvalue weighted by atomic mass is 9.84. The summed E-state index contributed by atoms with van der Waals surface area (Å²) >= 11 is 0. The van der Waals surface area contributed by atoms with Crippen LogP contribution >= 0.6 is 0 Å². The molecule has 6 nitrogen and oxygen atoms in total. The fourth-order valence-corrected chi connectivity index (χ4v) is 4.22. The van der Waals surface area contributed by atoms with E-state index in [1.54, 1.807) is 12.4 Å². The van der Waals surface area contributed by atoms with Crippen LogP contribution in [0.4, 0.5) is 0 Å². The molecule has 0 radical (unpaired) electrons. The maximum absolute atomic E-state index is 8.71. The molecule has 0 spiro atoms. The topological polar surface area (TPSA) is 104 Å². The van der Waals surface area contributed by atoms with Gasteiger partial charge in [-0.3, -0.25) is 15.5 Å². The van der Waals surface area contributed by atoms with E-state index < -0.39 is 0 Å². The quantitative estimate of drug-likeness (QED) is 0.479. The van der Waals surface area contributed by atoms with Gasteiger partial charge in [-0.2, -0.15) is 5.10 Å². The highest BCUT2D eigenvalue weighted by molar-refractivity contribution is 6.30. The second-order valence-electron chi connectivity index (χ2n) is 7.11. The summed E-state index contributed by atoms with van der Waals surface area (Å²) in [4.78, 5) is 9.13. The van der Waals surface area contributed by atoms with Crippen molar-refractivity contribution in [2.24, 2.45) is 5.73 Å². The molecule has 28 heavy (non-hydrogen) atoms. The Kier molecular flexibility index (Phi) is 3.90. The Balaban J connectivity index is 1.77. The van der Waals surface area contributed by atoms with E-state index in [1.165, 1.54) is 22.7 Å². The summed E-state index contributed by atoms with van der Waals surface area (Å²) in [6, 6.07) is 7.74. The minimum atomic E-state index is 0.347. The Morgan fingerprint density at radius 2 is 1.96 bits per heavy atom. The summed E-state index contributed by atoms with van der Waals surface area (Å²) in [5.41, 5.74) is 13.0. The lowest BCUT2D eigenvalue weighted by molar-refractivity contribution is 0.686. The van der Waals surface area contributed by atoms with E-state index in [-0.39, 0.29) is 0 Å². The number of pyridine rings is 2. The molecule has 6 heteroatoms. The molecule has 0 atom stereocenters. The predicted molar refractivity (Wildman–Crippen MR) is 111 cm³/mol. The molecule has 3 heterocycles. The zero-order valence-electron chi connectivity index (χ0n) is 15.4. The van der Waals surface area contributed by atoms with Crippen LogP contribution in [0, 0.1) is 5.41 Å². The van der Waals surface area contributed by atoms with Crippen molar-refractivity contribution in [2.75, 3.05) is 0 Å². The van der Waals surface area contributed by atoms with Gasteiger partial charge in [0.2, 0.25) is 0 Å². The largest absolute Gasteiger partial charge is 0.404 e. The molecule has 0 unspecified atom stereocenters. The minimum absolute atomic E-state index is 0.347. The number of benzene rings is 1. The van der Waals surface area contributed by atoms with Crippen molar-refractivity contribution in [3.05, 3.63) is 71.4 Å². The number of hydrogen-bond donors (Lipinski definition) is 3. The van der Waals surface area contributed by atoms with Gasteiger partial charge in [-0.05, 0) is 61.1 Å². The van der Waals surface area contributed by atoms with Crippen LogP contribution in [-0.2, 0) is 12.8 Å². The summed E-state index contributed by atoms with van der Waals surface area (Å²) in [7, 11) is 0. The van der Waals surface area contributed by atoms with Gasteiger partial charge in [0.1, 0.15) is 0 Å². The molecule has 1 aliphatic carbocycles. The van der Waals surface area contributed by atoms with Gasteiger partial charge in [-0.25, -0.2) is 4.98 Å². The van der Waals surface area contributed by atoms with E-state index in [9.17, 15) is 0 Å². The fourth-order valence-electron chi connectivity index (χ4n) is 4.22. The average Bonchev–Trinajstić information content (AvgIpc) is 3.23. The first-order chi connectivity index (χ1) is 13.8. The molecular formula is C22H20N6. The van der Waals surface area contributed by atoms with Crippen LogP contribution in [0.1, 0.15) is 35.2 Å². The van der Waals surface area contributed by atoms with Crippen LogP contribution in [0.25, 0.3) is 27.4 Å². The van der Waals surface area contributed by atoms with Crippen molar-refractivity contribution in [1.29, 1.82) is 5.41 Å². The predicted octanol–water partition coefficient (Wildman–Crippen LogP) is 3.75. The van der Waals surface area contributed by atoms with Crippen molar-refractivity contribution in [2.45, 2.75) is 25.7 Å². The number of nitrogens with two attached hydrogens (primary N) is 1. The van der Waals surface area contributed by atoms with E-state index in [4.69, 9.17) is 16.1 Å². The third-order valence-electron chi connectivity index (χ3n) is 5.53. The Morgan fingerprint density at radius 3 is 2.75 bits per heavy atom. The maximum Gasteiger partial charge on any atom is 0.0780 e. The molecule has 1 aliphatic rings. The van der Waals surface area contributed by atoms with Gasteiger partial charge in [0.05, 0.1) is 28.6 Å². The summed E-state index contributed by atoms with van der Waals surface area (Å²) in [6.45, 7) is 0. The van der Waals surface area contributed by atoms with Gasteiger partial charge in [-0.1, -0.05) is 0 Å². The zero-order chi connectivity index (χ0) is 19.1. The monoisotopic (exact) mass is 368 g/mol. The molecule has 0 saturated carbocycles. The number of nitrogens with one attached hydrogen (secondary N) is 2. The summed E-state index contributed by atoms with van der Waals surface area (Å²) in [5.74, 6) is 0. The Morgan fingerprint density at radius 1 is 1.11 bits per heavy atom. The highest BCUT2D eigenvalue weighted by Crippen LogP contribution is 2.36. The average molecular weight is 368 g/mol.